The van der Waals surface area contributed by atoms with Crippen LogP contribution in [0.15, 0.2) is 109 Å². The number of para-hydroxylation sites is 1. The topological polar surface area (TPSA) is 147 Å². The molecule has 0 spiro atoms. The molecular weight excluding hydrogens is 674 g/mol. The lowest BCUT2D eigenvalue weighted by molar-refractivity contribution is -0.384. The molecule has 4 aliphatic rings. The molecule has 2 aliphatic heterocycles. The monoisotopic (exact) mass is 703 g/mol. The predicted molar refractivity (Wildman–Crippen MR) is 186 cm³/mol. The summed E-state index contributed by atoms with van der Waals surface area (Å²) in [6.45, 7) is 0. The Labute approximate surface area is 296 Å². The van der Waals surface area contributed by atoms with Gasteiger partial charge >= 0.3 is 0 Å². The first kappa shape index (κ1) is 32.4. The number of non-ortho nitro benzene ring substituents is 1. The Morgan fingerprint density at radius 3 is 2.25 bits per heavy atom. The number of nitrogens with zero attached hydrogens (tertiary/aromatic N) is 3. The highest BCUT2D eigenvalue weighted by atomic mass is 35.5. The normalized spacial score (nSPS) is 26.8. The van der Waals surface area contributed by atoms with Gasteiger partial charge in [-0.05, 0) is 60.7 Å². The van der Waals surface area contributed by atoms with Gasteiger partial charge in [-0.25, -0.2) is 4.90 Å². The molecule has 0 radical (unpaired) electrons. The minimum Gasteiger partial charge on any atom is -0.504 e. The molecule has 1 N–H and O–H groups in total. The minimum absolute atomic E-state index is 0.0673. The van der Waals surface area contributed by atoms with Crippen LogP contribution in [0.3, 0.4) is 0 Å². The Hall–Kier alpha value is -5.81. The Balaban J connectivity index is 1.34. The molecule has 4 amide bonds. The van der Waals surface area contributed by atoms with E-state index in [2.05, 4.69) is 0 Å². The number of amides is 4. The number of nitro benzene ring substituents is 1. The maximum Gasteiger partial charge on any atom is 0.269 e. The molecule has 51 heavy (non-hydrogen) atoms. The van der Waals surface area contributed by atoms with Gasteiger partial charge < -0.3 is 9.84 Å². The zero-order valence-corrected chi connectivity index (χ0v) is 27.9. The summed E-state index contributed by atoms with van der Waals surface area (Å²) < 4.78 is 5.51. The molecule has 6 atom stereocenters. The van der Waals surface area contributed by atoms with Gasteiger partial charge in [-0.1, -0.05) is 71.8 Å². The van der Waals surface area contributed by atoms with Gasteiger partial charge in [-0.3, -0.25) is 34.2 Å². The van der Waals surface area contributed by atoms with E-state index in [1.54, 1.807) is 66.7 Å². The molecule has 8 rings (SSSR count). The van der Waals surface area contributed by atoms with Gasteiger partial charge in [0.2, 0.25) is 23.6 Å². The van der Waals surface area contributed by atoms with Crippen LogP contribution in [0, 0.1) is 33.8 Å². The molecule has 12 heteroatoms. The van der Waals surface area contributed by atoms with Gasteiger partial charge in [0.1, 0.15) is 0 Å². The van der Waals surface area contributed by atoms with Crippen molar-refractivity contribution in [1.29, 1.82) is 0 Å². The second-order valence-corrected chi connectivity index (χ2v) is 13.7. The fraction of sp³-hybridized carbons (Fsp3) is 0.231. The van der Waals surface area contributed by atoms with Crippen molar-refractivity contribution in [3.63, 3.8) is 0 Å². The third kappa shape index (κ3) is 4.57. The molecule has 2 aliphatic carbocycles. The molecule has 6 unspecified atom stereocenters. The molecule has 4 aromatic rings. The number of rotatable bonds is 6. The van der Waals surface area contributed by atoms with Crippen LogP contribution in [0.2, 0.25) is 5.02 Å². The summed E-state index contributed by atoms with van der Waals surface area (Å²) in [5, 5.41) is 23.4. The standard InChI is InChI=1S/C39H30ClN3O8/c1-51-31-12-6-11-28(34(31)44)33-26-17-18-27-32(37(47)41(35(27)45)23-13-15-24(16-14-23)43(49)50)29(26)20-30-36(46)42(25-10-5-9-22(40)19-25)38(48)39(30,33)21-7-3-2-4-8-21/h2-17,19,27,29-30,32-33,44H,18,20H2,1H3. The molecule has 2 saturated heterocycles. The number of methoxy groups -OCH3 is 1. The summed E-state index contributed by atoms with van der Waals surface area (Å²) in [4.78, 5) is 71.6. The first-order chi connectivity index (χ1) is 24.6. The van der Waals surface area contributed by atoms with Crippen LogP contribution in [0.1, 0.15) is 29.9 Å². The first-order valence-electron chi connectivity index (χ1n) is 16.5. The summed E-state index contributed by atoms with van der Waals surface area (Å²) >= 11 is 6.37. The highest BCUT2D eigenvalue weighted by molar-refractivity contribution is 6.32. The van der Waals surface area contributed by atoms with E-state index in [9.17, 15) is 29.6 Å². The van der Waals surface area contributed by atoms with Crippen LogP contribution in [-0.4, -0.2) is 40.8 Å². The van der Waals surface area contributed by atoms with Crippen molar-refractivity contribution in [1.82, 2.24) is 0 Å². The number of carbonyl (C=O) groups is 4. The number of benzene rings is 4. The Morgan fingerprint density at radius 1 is 0.843 bits per heavy atom. The number of halogens is 1. The lowest BCUT2D eigenvalue weighted by Crippen LogP contribution is -2.53. The third-order valence-electron chi connectivity index (χ3n) is 11.0. The number of hydrogen-bond donors (Lipinski definition) is 1. The van der Waals surface area contributed by atoms with Crippen LogP contribution in [0.5, 0.6) is 11.5 Å². The maximum absolute atomic E-state index is 15.3. The van der Waals surface area contributed by atoms with E-state index < -0.39 is 63.6 Å². The van der Waals surface area contributed by atoms with Gasteiger partial charge in [0.15, 0.2) is 11.5 Å². The molecule has 4 aromatic carbocycles. The summed E-state index contributed by atoms with van der Waals surface area (Å²) in [6.07, 6.45) is 2.12. The average molecular weight is 704 g/mol. The van der Waals surface area contributed by atoms with Crippen molar-refractivity contribution in [3.05, 3.63) is 135 Å². The van der Waals surface area contributed by atoms with Crippen LogP contribution in [0.4, 0.5) is 17.1 Å². The van der Waals surface area contributed by atoms with Gasteiger partial charge in [0, 0.05) is 28.6 Å². The summed E-state index contributed by atoms with van der Waals surface area (Å²) in [5.74, 6) is -6.23. The number of nitro groups is 1. The summed E-state index contributed by atoms with van der Waals surface area (Å²) in [5.41, 5.74) is 0.329. The van der Waals surface area contributed by atoms with E-state index in [-0.39, 0.29) is 35.7 Å². The molecule has 0 aromatic heterocycles. The number of phenols is 1. The van der Waals surface area contributed by atoms with E-state index in [0.717, 1.165) is 9.80 Å². The SMILES string of the molecule is COc1cccc(C2C3=CCC4C(=O)N(c5ccc([N+](=O)[O-])cc5)C(=O)C4C3CC3C(=O)N(c4cccc(Cl)c4)C(=O)C32c2ccccc2)c1O. The smallest absolute Gasteiger partial charge is 0.269 e. The first-order valence-corrected chi connectivity index (χ1v) is 16.8. The molecule has 0 bridgehead atoms. The van der Waals surface area contributed by atoms with E-state index in [4.69, 9.17) is 16.3 Å². The fourth-order valence-electron chi connectivity index (χ4n) is 9.00. The van der Waals surface area contributed by atoms with Gasteiger partial charge in [0.25, 0.3) is 5.69 Å². The van der Waals surface area contributed by atoms with Crippen molar-refractivity contribution < 1.29 is 33.9 Å². The number of aromatic hydroxyl groups is 1. The highest BCUT2D eigenvalue weighted by Gasteiger charge is 2.70. The number of ether oxygens (including phenoxy) is 1. The van der Waals surface area contributed by atoms with Crippen LogP contribution < -0.4 is 14.5 Å². The number of phenolic OH excluding ortho intramolecular Hbond substituents is 1. The van der Waals surface area contributed by atoms with E-state index in [1.165, 1.54) is 31.4 Å². The largest absolute Gasteiger partial charge is 0.504 e. The maximum atomic E-state index is 15.3. The minimum atomic E-state index is -1.57. The summed E-state index contributed by atoms with van der Waals surface area (Å²) in [7, 11) is 1.42. The van der Waals surface area contributed by atoms with Crippen LogP contribution in [-0.2, 0) is 24.6 Å². The number of anilines is 2. The zero-order valence-electron chi connectivity index (χ0n) is 27.1. The second-order valence-electron chi connectivity index (χ2n) is 13.3. The molecule has 256 valence electrons. The predicted octanol–water partition coefficient (Wildman–Crippen LogP) is 6.33. The van der Waals surface area contributed by atoms with Gasteiger partial charge in [-0.15, -0.1) is 0 Å². The molecule has 3 fully saturated rings. The number of imide groups is 2. The van der Waals surface area contributed by atoms with E-state index >= 15 is 4.79 Å². The van der Waals surface area contributed by atoms with E-state index in [1.807, 2.05) is 12.1 Å². The Bertz CT molecular complexity index is 2190. The van der Waals surface area contributed by atoms with Crippen LogP contribution >= 0.6 is 11.6 Å². The Morgan fingerprint density at radius 2 is 1.57 bits per heavy atom. The lowest BCUT2D eigenvalue weighted by atomic mass is 9.49. The average Bonchev–Trinajstić information content (AvgIpc) is 3.53. The molecule has 2 heterocycles. The number of hydrogen-bond acceptors (Lipinski definition) is 8. The van der Waals surface area contributed by atoms with Crippen molar-refractivity contribution >= 4 is 52.3 Å². The van der Waals surface area contributed by atoms with Crippen molar-refractivity contribution in [2.24, 2.45) is 23.7 Å². The number of carbonyl (C=O) groups excluding carboxylic acids is 4. The van der Waals surface area contributed by atoms with Crippen molar-refractivity contribution in [2.75, 3.05) is 16.9 Å². The van der Waals surface area contributed by atoms with Crippen LogP contribution in [0.25, 0.3) is 0 Å². The molecule has 11 nitrogen and oxygen atoms in total. The zero-order chi connectivity index (χ0) is 35.8. The number of fused-ring (bicyclic) bond motifs is 4. The summed E-state index contributed by atoms with van der Waals surface area (Å²) in [6, 6.07) is 25.7. The lowest BCUT2D eigenvalue weighted by Gasteiger charge is -2.50. The van der Waals surface area contributed by atoms with Gasteiger partial charge in [-0.2, -0.15) is 0 Å². The highest BCUT2D eigenvalue weighted by Crippen LogP contribution is 2.65. The Kier molecular flexibility index (Phi) is 7.57. The van der Waals surface area contributed by atoms with Gasteiger partial charge in [0.05, 0.1) is 46.6 Å². The molecule has 1 saturated carbocycles. The van der Waals surface area contributed by atoms with Crippen molar-refractivity contribution in [2.45, 2.75) is 24.2 Å². The molecular formula is C39H30ClN3O8. The third-order valence-corrected chi connectivity index (χ3v) is 11.3. The van der Waals surface area contributed by atoms with E-state index in [0.29, 0.717) is 27.4 Å². The second kappa shape index (κ2) is 11.9. The fourth-order valence-corrected chi connectivity index (χ4v) is 9.19. The quantitative estimate of drug-likeness (QED) is 0.106. The number of allylic oxidation sites excluding steroid dienone is 2. The van der Waals surface area contributed by atoms with Crippen molar-refractivity contribution in [3.8, 4) is 11.5 Å².